The first-order valence-electron chi connectivity index (χ1n) is 6.64. The van der Waals surface area contributed by atoms with Crippen LogP contribution in [-0.4, -0.2) is 21.3 Å². The number of carboxylic acids is 1. The van der Waals surface area contributed by atoms with Crippen molar-refractivity contribution in [2.45, 2.75) is 6.42 Å². The molecule has 3 aromatic rings. The van der Waals surface area contributed by atoms with Gasteiger partial charge in [-0.05, 0) is 17.2 Å². The summed E-state index contributed by atoms with van der Waals surface area (Å²) in [7, 11) is 0. The van der Waals surface area contributed by atoms with E-state index in [1.54, 1.807) is 6.07 Å². The van der Waals surface area contributed by atoms with Crippen LogP contribution in [0.4, 0.5) is 0 Å². The second-order valence-electron chi connectivity index (χ2n) is 4.79. The summed E-state index contributed by atoms with van der Waals surface area (Å²) in [5.41, 5.74) is 4.62. The Balaban J connectivity index is 1.84. The van der Waals surface area contributed by atoms with Gasteiger partial charge in [-0.25, -0.2) is 0 Å². The van der Waals surface area contributed by atoms with Gasteiger partial charge >= 0.3 is 5.97 Å². The molecule has 0 radical (unpaired) electrons. The maximum atomic E-state index is 10.7. The van der Waals surface area contributed by atoms with Crippen molar-refractivity contribution in [3.05, 3.63) is 66.4 Å². The normalized spacial score (nSPS) is 10.5. The molecule has 0 fully saturated rings. The molecule has 21 heavy (non-hydrogen) atoms. The van der Waals surface area contributed by atoms with Gasteiger partial charge in [0.05, 0.1) is 12.1 Å². The van der Waals surface area contributed by atoms with Gasteiger partial charge in [-0.15, -0.1) is 0 Å². The molecule has 4 nitrogen and oxygen atoms in total. The molecule has 0 saturated heterocycles. The largest absolute Gasteiger partial charge is 0.481 e. The number of carbonyl (C=O) groups is 1. The zero-order valence-corrected chi connectivity index (χ0v) is 11.3. The van der Waals surface area contributed by atoms with Crippen molar-refractivity contribution in [3.63, 3.8) is 0 Å². The van der Waals surface area contributed by atoms with Gasteiger partial charge in [0.1, 0.15) is 0 Å². The molecule has 2 aromatic carbocycles. The first-order chi connectivity index (χ1) is 10.2. The molecule has 0 aliphatic carbocycles. The van der Waals surface area contributed by atoms with E-state index < -0.39 is 5.97 Å². The van der Waals surface area contributed by atoms with Crippen molar-refractivity contribution < 1.29 is 9.90 Å². The van der Waals surface area contributed by atoms with Crippen LogP contribution in [0.1, 0.15) is 5.69 Å². The maximum absolute atomic E-state index is 10.7. The molecule has 4 heteroatoms. The van der Waals surface area contributed by atoms with E-state index in [1.165, 1.54) is 0 Å². The topological polar surface area (TPSA) is 66.0 Å². The number of hydrogen-bond donors (Lipinski definition) is 2. The predicted octanol–water partition coefficient (Wildman–Crippen LogP) is 3.37. The number of H-pyrrole nitrogens is 1. The standard InChI is InChI=1S/C17H14N2O2/c20-17(21)11-15-10-16(19-18-15)14-8-6-13(7-9-14)12-4-2-1-3-5-12/h1-10H,11H2,(H,18,19)(H,20,21). The van der Waals surface area contributed by atoms with Gasteiger partial charge in [0.2, 0.25) is 0 Å². The summed E-state index contributed by atoms with van der Waals surface area (Å²) in [6.45, 7) is 0. The fraction of sp³-hybridized carbons (Fsp3) is 0.0588. The summed E-state index contributed by atoms with van der Waals surface area (Å²) < 4.78 is 0. The number of rotatable bonds is 4. The number of benzene rings is 2. The SMILES string of the molecule is O=C(O)Cc1cc(-c2ccc(-c3ccccc3)cc2)n[nH]1. The summed E-state index contributed by atoms with van der Waals surface area (Å²) in [4.78, 5) is 10.7. The highest BCUT2D eigenvalue weighted by Gasteiger charge is 2.07. The van der Waals surface area contributed by atoms with Gasteiger partial charge in [0.25, 0.3) is 0 Å². The van der Waals surface area contributed by atoms with E-state index in [1.807, 2.05) is 42.5 Å². The highest BCUT2D eigenvalue weighted by atomic mass is 16.4. The Morgan fingerprint density at radius 3 is 2.24 bits per heavy atom. The lowest BCUT2D eigenvalue weighted by Crippen LogP contribution is -1.99. The number of carboxylic acid groups (broad SMARTS) is 1. The van der Waals surface area contributed by atoms with Crippen molar-refractivity contribution in [1.29, 1.82) is 0 Å². The number of aromatic nitrogens is 2. The minimum atomic E-state index is -0.871. The van der Waals surface area contributed by atoms with E-state index in [2.05, 4.69) is 22.3 Å². The molecule has 0 saturated carbocycles. The van der Waals surface area contributed by atoms with Gasteiger partial charge in [0, 0.05) is 11.3 Å². The van der Waals surface area contributed by atoms with Crippen LogP contribution in [0.3, 0.4) is 0 Å². The van der Waals surface area contributed by atoms with Crippen molar-refractivity contribution in [1.82, 2.24) is 10.2 Å². The van der Waals surface area contributed by atoms with E-state index in [0.717, 1.165) is 22.4 Å². The van der Waals surface area contributed by atoms with Gasteiger partial charge in [-0.3, -0.25) is 9.89 Å². The van der Waals surface area contributed by atoms with Gasteiger partial charge in [-0.2, -0.15) is 5.10 Å². The second kappa shape index (κ2) is 5.63. The van der Waals surface area contributed by atoms with Crippen molar-refractivity contribution in [2.24, 2.45) is 0 Å². The summed E-state index contributed by atoms with van der Waals surface area (Å²) in [6.07, 6.45) is -0.0465. The van der Waals surface area contributed by atoms with Crippen LogP contribution in [0.2, 0.25) is 0 Å². The Morgan fingerprint density at radius 1 is 0.952 bits per heavy atom. The average Bonchev–Trinajstić information content (AvgIpc) is 2.96. The van der Waals surface area contributed by atoms with E-state index in [9.17, 15) is 4.79 Å². The molecule has 0 spiro atoms. The molecule has 0 bridgehead atoms. The summed E-state index contributed by atoms with van der Waals surface area (Å²) in [5.74, 6) is -0.871. The molecule has 0 atom stereocenters. The lowest BCUT2D eigenvalue weighted by Gasteiger charge is -2.02. The molecule has 0 aliphatic rings. The minimum absolute atomic E-state index is 0.0465. The maximum Gasteiger partial charge on any atom is 0.309 e. The van der Waals surface area contributed by atoms with Gasteiger partial charge in [-0.1, -0.05) is 54.6 Å². The Bertz CT molecular complexity index is 746. The smallest absolute Gasteiger partial charge is 0.309 e. The van der Waals surface area contributed by atoms with Gasteiger partial charge < -0.3 is 5.11 Å². The zero-order chi connectivity index (χ0) is 14.7. The van der Waals surface area contributed by atoms with Crippen molar-refractivity contribution in [3.8, 4) is 22.4 Å². The Kier molecular flexibility index (Phi) is 3.51. The molecular formula is C17H14N2O2. The Labute approximate surface area is 122 Å². The quantitative estimate of drug-likeness (QED) is 0.769. The molecule has 1 heterocycles. The molecule has 3 rings (SSSR count). The summed E-state index contributed by atoms with van der Waals surface area (Å²) >= 11 is 0. The molecule has 0 aliphatic heterocycles. The first-order valence-corrected chi connectivity index (χ1v) is 6.64. The van der Waals surface area contributed by atoms with Crippen LogP contribution in [-0.2, 0) is 11.2 Å². The summed E-state index contributed by atoms with van der Waals surface area (Å²) in [6, 6.07) is 20.0. The molecule has 104 valence electrons. The monoisotopic (exact) mass is 278 g/mol. The minimum Gasteiger partial charge on any atom is -0.481 e. The van der Waals surface area contributed by atoms with E-state index in [0.29, 0.717) is 5.69 Å². The number of nitrogens with zero attached hydrogens (tertiary/aromatic N) is 1. The third kappa shape index (κ3) is 3.00. The fourth-order valence-electron chi connectivity index (χ4n) is 2.23. The number of aliphatic carboxylic acids is 1. The van der Waals surface area contributed by atoms with Crippen LogP contribution >= 0.6 is 0 Å². The predicted molar refractivity (Wildman–Crippen MR) is 80.8 cm³/mol. The van der Waals surface area contributed by atoms with Crippen LogP contribution in [0.25, 0.3) is 22.4 Å². The first kappa shape index (κ1) is 13.1. The number of nitrogens with one attached hydrogen (secondary N) is 1. The Morgan fingerprint density at radius 2 is 1.57 bits per heavy atom. The molecule has 0 unspecified atom stereocenters. The lowest BCUT2D eigenvalue weighted by molar-refractivity contribution is -0.136. The van der Waals surface area contributed by atoms with Crippen molar-refractivity contribution >= 4 is 5.97 Å². The third-order valence-corrected chi connectivity index (χ3v) is 3.26. The molecule has 1 aromatic heterocycles. The van der Waals surface area contributed by atoms with E-state index in [4.69, 9.17) is 5.11 Å². The molecule has 2 N–H and O–H groups in total. The highest BCUT2D eigenvalue weighted by Crippen LogP contribution is 2.24. The van der Waals surface area contributed by atoms with Crippen LogP contribution < -0.4 is 0 Å². The van der Waals surface area contributed by atoms with Crippen LogP contribution in [0.5, 0.6) is 0 Å². The van der Waals surface area contributed by atoms with Crippen LogP contribution in [0.15, 0.2) is 60.7 Å². The average molecular weight is 278 g/mol. The third-order valence-electron chi connectivity index (χ3n) is 3.26. The Hall–Kier alpha value is -2.88. The zero-order valence-electron chi connectivity index (χ0n) is 11.3. The molecule has 0 amide bonds. The van der Waals surface area contributed by atoms with Gasteiger partial charge in [0.15, 0.2) is 0 Å². The van der Waals surface area contributed by atoms with Crippen LogP contribution in [0, 0.1) is 0 Å². The van der Waals surface area contributed by atoms with E-state index >= 15 is 0 Å². The number of hydrogen-bond acceptors (Lipinski definition) is 2. The second-order valence-corrected chi connectivity index (χ2v) is 4.79. The fourth-order valence-corrected chi connectivity index (χ4v) is 2.23. The summed E-state index contributed by atoms with van der Waals surface area (Å²) in [5, 5.41) is 15.7. The lowest BCUT2D eigenvalue weighted by atomic mass is 10.0. The van der Waals surface area contributed by atoms with E-state index in [-0.39, 0.29) is 6.42 Å². The van der Waals surface area contributed by atoms with Crippen molar-refractivity contribution in [2.75, 3.05) is 0 Å². The highest BCUT2D eigenvalue weighted by molar-refractivity contribution is 5.71. The number of aromatic amines is 1. The molecular weight excluding hydrogens is 264 g/mol.